The molecule has 74 valence electrons. The molecule has 2 N–H and O–H groups in total. The Morgan fingerprint density at radius 1 is 1.43 bits per heavy atom. The molecule has 0 amide bonds. The lowest BCUT2D eigenvalue weighted by Gasteiger charge is -2.13. The number of aromatic nitrogens is 2. The molecule has 0 bridgehead atoms. The van der Waals surface area contributed by atoms with Crippen LogP contribution in [0.4, 0.5) is 11.6 Å². The fourth-order valence-electron chi connectivity index (χ4n) is 1.78. The molecule has 2 rings (SSSR count). The minimum atomic E-state index is 0.453. The van der Waals surface area contributed by atoms with Crippen LogP contribution in [0, 0.1) is 11.3 Å². The van der Waals surface area contributed by atoms with Gasteiger partial charge in [0.1, 0.15) is 17.5 Å². The van der Waals surface area contributed by atoms with Crippen LogP contribution in [0.2, 0.25) is 0 Å². The van der Waals surface area contributed by atoms with Crippen LogP contribution in [0.5, 0.6) is 0 Å². The highest BCUT2D eigenvalue weighted by Crippen LogP contribution is 2.26. The lowest BCUT2D eigenvalue weighted by atomic mass is 10.3. The van der Waals surface area contributed by atoms with Gasteiger partial charge in [-0.25, -0.2) is 4.68 Å². The number of hydrogen-bond donors (Lipinski definition) is 1. The van der Waals surface area contributed by atoms with Crippen molar-refractivity contribution in [3.05, 3.63) is 5.56 Å². The Bertz CT molecular complexity index is 381. The van der Waals surface area contributed by atoms with Gasteiger partial charge < -0.3 is 10.6 Å². The number of nitrogens with zero attached hydrogens (tertiary/aromatic N) is 4. The third kappa shape index (κ3) is 1.20. The SMILES string of the molecule is Cn1nc(N2CCCC2)c(C#N)c1N. The fourth-order valence-corrected chi connectivity index (χ4v) is 1.78. The monoisotopic (exact) mass is 191 g/mol. The van der Waals surface area contributed by atoms with Crippen LogP contribution >= 0.6 is 0 Å². The molecule has 1 aromatic rings. The molecule has 0 unspecified atom stereocenters. The van der Waals surface area contributed by atoms with Crippen molar-refractivity contribution < 1.29 is 0 Å². The minimum Gasteiger partial charge on any atom is -0.383 e. The van der Waals surface area contributed by atoms with Crippen molar-refractivity contribution >= 4 is 11.6 Å². The Kier molecular flexibility index (Phi) is 2.04. The van der Waals surface area contributed by atoms with E-state index in [2.05, 4.69) is 16.1 Å². The summed E-state index contributed by atoms with van der Waals surface area (Å²) in [5.41, 5.74) is 6.24. The Morgan fingerprint density at radius 2 is 2.07 bits per heavy atom. The molecule has 1 aliphatic heterocycles. The van der Waals surface area contributed by atoms with E-state index in [-0.39, 0.29) is 0 Å². The van der Waals surface area contributed by atoms with Gasteiger partial charge in [0, 0.05) is 20.1 Å². The molecule has 1 aliphatic rings. The summed E-state index contributed by atoms with van der Waals surface area (Å²) in [4.78, 5) is 2.12. The average Bonchev–Trinajstić information content (AvgIpc) is 2.76. The molecule has 0 aromatic carbocycles. The maximum absolute atomic E-state index is 8.96. The zero-order valence-corrected chi connectivity index (χ0v) is 8.19. The lowest BCUT2D eigenvalue weighted by Crippen LogP contribution is -2.19. The van der Waals surface area contributed by atoms with Crippen molar-refractivity contribution in [2.24, 2.45) is 7.05 Å². The summed E-state index contributed by atoms with van der Waals surface area (Å²) in [7, 11) is 1.76. The number of hydrogen-bond acceptors (Lipinski definition) is 4. The molecule has 0 atom stereocenters. The number of nitriles is 1. The van der Waals surface area contributed by atoms with E-state index >= 15 is 0 Å². The van der Waals surface area contributed by atoms with E-state index in [4.69, 9.17) is 11.0 Å². The highest BCUT2D eigenvalue weighted by atomic mass is 15.4. The second-order valence-electron chi connectivity index (χ2n) is 3.51. The van der Waals surface area contributed by atoms with Crippen LogP contribution in [-0.4, -0.2) is 22.9 Å². The normalized spacial score (nSPS) is 15.9. The summed E-state index contributed by atoms with van der Waals surface area (Å²) in [6.07, 6.45) is 2.34. The summed E-state index contributed by atoms with van der Waals surface area (Å²) in [6.45, 7) is 1.95. The molecule has 0 aliphatic carbocycles. The van der Waals surface area contributed by atoms with Crippen molar-refractivity contribution in [3.63, 3.8) is 0 Å². The van der Waals surface area contributed by atoms with Crippen LogP contribution in [0.15, 0.2) is 0 Å². The third-order valence-corrected chi connectivity index (χ3v) is 2.59. The summed E-state index contributed by atoms with van der Waals surface area (Å²) >= 11 is 0. The van der Waals surface area contributed by atoms with E-state index in [1.807, 2.05) is 0 Å². The van der Waals surface area contributed by atoms with Crippen LogP contribution in [0.1, 0.15) is 18.4 Å². The molecule has 1 fully saturated rings. The Balaban J connectivity index is 2.42. The summed E-state index contributed by atoms with van der Waals surface area (Å²) in [5.74, 6) is 1.19. The van der Waals surface area contributed by atoms with E-state index in [1.165, 1.54) is 12.8 Å². The number of anilines is 2. The summed E-state index contributed by atoms with van der Waals surface area (Å²) in [6, 6.07) is 2.11. The lowest BCUT2D eigenvalue weighted by molar-refractivity contribution is 0.764. The second-order valence-corrected chi connectivity index (χ2v) is 3.51. The van der Waals surface area contributed by atoms with E-state index in [9.17, 15) is 0 Å². The number of nitrogen functional groups attached to an aromatic ring is 1. The molecule has 0 spiro atoms. The first-order chi connectivity index (χ1) is 6.74. The van der Waals surface area contributed by atoms with Crippen LogP contribution in [0.3, 0.4) is 0 Å². The standard InChI is InChI=1S/C9H13N5/c1-13-8(11)7(6-10)9(12-13)14-4-2-3-5-14/h2-5,11H2,1H3. The molecule has 14 heavy (non-hydrogen) atoms. The van der Waals surface area contributed by atoms with E-state index in [1.54, 1.807) is 11.7 Å². The van der Waals surface area contributed by atoms with Crippen molar-refractivity contribution in [2.45, 2.75) is 12.8 Å². The maximum Gasteiger partial charge on any atom is 0.170 e. The first-order valence-electron chi connectivity index (χ1n) is 4.71. The zero-order chi connectivity index (χ0) is 10.1. The summed E-state index contributed by atoms with van der Waals surface area (Å²) in [5, 5.41) is 13.2. The Morgan fingerprint density at radius 3 is 2.64 bits per heavy atom. The van der Waals surface area contributed by atoms with Gasteiger partial charge in [-0.05, 0) is 12.8 Å². The Hall–Kier alpha value is -1.70. The largest absolute Gasteiger partial charge is 0.383 e. The van der Waals surface area contributed by atoms with Crippen LogP contribution in [-0.2, 0) is 7.05 Å². The minimum absolute atomic E-state index is 0.453. The van der Waals surface area contributed by atoms with Gasteiger partial charge in [-0.15, -0.1) is 0 Å². The van der Waals surface area contributed by atoms with Gasteiger partial charge in [0.2, 0.25) is 0 Å². The van der Waals surface area contributed by atoms with Gasteiger partial charge in [-0.1, -0.05) is 0 Å². The first kappa shape index (κ1) is 8.88. The predicted molar refractivity (Wildman–Crippen MR) is 53.8 cm³/mol. The third-order valence-electron chi connectivity index (χ3n) is 2.59. The summed E-state index contributed by atoms with van der Waals surface area (Å²) < 4.78 is 1.56. The van der Waals surface area contributed by atoms with Crippen molar-refractivity contribution in [1.29, 1.82) is 5.26 Å². The van der Waals surface area contributed by atoms with Gasteiger partial charge in [0.15, 0.2) is 5.82 Å². The molecule has 1 saturated heterocycles. The molecule has 2 heterocycles. The fraction of sp³-hybridized carbons (Fsp3) is 0.556. The van der Waals surface area contributed by atoms with E-state index in [0.717, 1.165) is 18.9 Å². The number of rotatable bonds is 1. The highest BCUT2D eigenvalue weighted by molar-refractivity contribution is 5.65. The topological polar surface area (TPSA) is 70.9 Å². The quantitative estimate of drug-likeness (QED) is 0.700. The number of aryl methyl sites for hydroxylation is 1. The molecular weight excluding hydrogens is 178 g/mol. The smallest absolute Gasteiger partial charge is 0.170 e. The van der Waals surface area contributed by atoms with Crippen molar-refractivity contribution in [2.75, 3.05) is 23.7 Å². The molecular formula is C9H13N5. The molecule has 1 aromatic heterocycles. The average molecular weight is 191 g/mol. The number of nitrogens with two attached hydrogens (primary N) is 1. The van der Waals surface area contributed by atoms with Gasteiger partial charge in [0.05, 0.1) is 0 Å². The van der Waals surface area contributed by atoms with Gasteiger partial charge in [-0.3, -0.25) is 0 Å². The Labute approximate surface area is 82.7 Å². The molecule has 5 heteroatoms. The maximum atomic E-state index is 8.96. The van der Waals surface area contributed by atoms with Crippen LogP contribution in [0.25, 0.3) is 0 Å². The predicted octanol–water partition coefficient (Wildman–Crippen LogP) is 0.474. The van der Waals surface area contributed by atoms with Gasteiger partial charge >= 0.3 is 0 Å². The highest BCUT2D eigenvalue weighted by Gasteiger charge is 2.21. The zero-order valence-electron chi connectivity index (χ0n) is 8.19. The van der Waals surface area contributed by atoms with Gasteiger partial charge in [-0.2, -0.15) is 10.4 Å². The second kappa shape index (κ2) is 3.22. The van der Waals surface area contributed by atoms with E-state index < -0.39 is 0 Å². The van der Waals surface area contributed by atoms with Crippen LogP contribution < -0.4 is 10.6 Å². The molecule has 0 radical (unpaired) electrons. The van der Waals surface area contributed by atoms with Crippen molar-refractivity contribution in [3.8, 4) is 6.07 Å². The first-order valence-corrected chi connectivity index (χ1v) is 4.71. The molecule has 5 nitrogen and oxygen atoms in total. The van der Waals surface area contributed by atoms with Gasteiger partial charge in [0.25, 0.3) is 0 Å². The van der Waals surface area contributed by atoms with Crippen molar-refractivity contribution in [1.82, 2.24) is 9.78 Å². The van der Waals surface area contributed by atoms with E-state index in [0.29, 0.717) is 11.4 Å². The molecule has 0 saturated carbocycles.